The van der Waals surface area contributed by atoms with E-state index in [0.717, 1.165) is 38.3 Å². The van der Waals surface area contributed by atoms with Crippen molar-refractivity contribution in [2.24, 2.45) is 0 Å². The first-order chi connectivity index (χ1) is 36.8. The number of nitriles is 2. The lowest BCUT2D eigenvalue weighted by molar-refractivity contribution is -0.0757. The van der Waals surface area contributed by atoms with E-state index in [-0.39, 0.29) is 35.5 Å². The second-order valence-corrected chi connectivity index (χ2v) is 20.9. The molecular formula is C51H72N11O13P. The summed E-state index contributed by atoms with van der Waals surface area (Å²) in [6, 6.07) is 12.9. The number of aromatic nitrogens is 7. The van der Waals surface area contributed by atoms with Gasteiger partial charge in [0.05, 0.1) is 44.9 Å². The van der Waals surface area contributed by atoms with Crippen LogP contribution in [0.25, 0.3) is 11.0 Å². The highest BCUT2D eigenvalue weighted by molar-refractivity contribution is 7.48. The minimum absolute atomic E-state index is 0.00591. The monoisotopic (exact) mass is 1080 g/mol. The molecule has 2 aliphatic rings. The average molecular weight is 1080 g/mol. The Morgan fingerprint density at radius 1 is 0.684 bits per heavy atom. The molecular weight excluding hydrogens is 1010 g/mol. The second kappa shape index (κ2) is 27.6. The molecule has 7 heterocycles. The molecule has 2 aliphatic heterocycles. The van der Waals surface area contributed by atoms with Gasteiger partial charge in [0, 0.05) is 18.9 Å². The van der Waals surface area contributed by atoms with Crippen LogP contribution in [0.3, 0.4) is 0 Å². The Hall–Kier alpha value is -5.60. The van der Waals surface area contributed by atoms with Crippen LogP contribution in [0.2, 0.25) is 0 Å². The number of phosphoric acid groups is 1. The number of nitrogen functional groups attached to an aromatic ring is 2. The van der Waals surface area contributed by atoms with Gasteiger partial charge in [-0.1, -0.05) is 103 Å². The Bertz CT molecular complexity index is 2630. The first-order valence-corrected chi connectivity index (χ1v) is 27.7. The van der Waals surface area contributed by atoms with Gasteiger partial charge in [-0.2, -0.15) is 20.7 Å². The van der Waals surface area contributed by atoms with Gasteiger partial charge < -0.3 is 55.6 Å². The van der Waals surface area contributed by atoms with E-state index in [1.165, 1.54) is 130 Å². The standard InChI is InChI=1S/C51H72N11O13P/c1-3-4-5-6-7-8-9-10-11-12-13-14-15-16-17-18-25-69-27-36(73-43-26-35(68-2)23-24-56-43)28-70-76(67,71-29-39-44(63)46(65)50(31-52,74-39)41-21-19-37-48(54)57-33-59-61(37)41)72-30-40-45(64)47(66)51(32-53,75-40)42-22-20-38-49(55)58-34-60-62(38)42/h19-24,26,33-34,36,39-40,44-47,63-66H,3-18,25,27-30H2,1-2H3,(H2,54,57,59)(H2,55,58,60)/t36-,39-,40-,44-,45-,46-,47-,50+,51+/m1/s1. The molecule has 24 nitrogen and oxygen atoms in total. The Labute approximate surface area is 441 Å². The summed E-state index contributed by atoms with van der Waals surface area (Å²) >= 11 is 0. The van der Waals surface area contributed by atoms with E-state index in [2.05, 4.69) is 32.1 Å². The predicted octanol–water partition coefficient (Wildman–Crippen LogP) is 5.60. The number of aliphatic hydroxyl groups excluding tert-OH is 4. The molecule has 0 unspecified atom stereocenters. The number of nitrogens with two attached hydrogens (primary N) is 2. The third-order valence-corrected chi connectivity index (χ3v) is 15.3. The topological polar surface area (TPSA) is 345 Å². The van der Waals surface area contributed by atoms with Gasteiger partial charge in [0.25, 0.3) is 0 Å². The van der Waals surface area contributed by atoms with Crippen LogP contribution in [-0.2, 0) is 43.5 Å². The zero-order valence-corrected chi connectivity index (χ0v) is 44.1. The van der Waals surface area contributed by atoms with Gasteiger partial charge in [0.2, 0.25) is 17.1 Å². The van der Waals surface area contributed by atoms with Gasteiger partial charge >= 0.3 is 7.82 Å². The van der Waals surface area contributed by atoms with Crippen molar-refractivity contribution < 1.29 is 62.2 Å². The molecule has 0 aliphatic carbocycles. The zero-order chi connectivity index (χ0) is 54.1. The van der Waals surface area contributed by atoms with E-state index in [4.69, 9.17) is 48.7 Å². The number of fused-ring (bicyclic) bond motifs is 2. The molecule has 0 bridgehead atoms. The summed E-state index contributed by atoms with van der Waals surface area (Å²) < 4.78 is 64.8. The van der Waals surface area contributed by atoms with E-state index in [1.54, 1.807) is 6.07 Å². The van der Waals surface area contributed by atoms with Crippen LogP contribution in [0, 0.1) is 22.7 Å². The van der Waals surface area contributed by atoms with E-state index in [9.17, 15) is 35.5 Å². The zero-order valence-electron chi connectivity index (χ0n) is 43.2. The number of hydrogen-bond donors (Lipinski definition) is 6. The summed E-state index contributed by atoms with van der Waals surface area (Å²) in [7, 11) is -3.47. The highest BCUT2D eigenvalue weighted by Crippen LogP contribution is 2.52. The molecule has 8 N–H and O–H groups in total. The first-order valence-electron chi connectivity index (χ1n) is 26.2. The lowest BCUT2D eigenvalue weighted by Gasteiger charge is -2.26. The maximum Gasteiger partial charge on any atom is 0.475 e. The Kier molecular flexibility index (Phi) is 21.1. The molecule has 414 valence electrons. The number of hydrogen-bond acceptors (Lipinski definition) is 22. The molecule has 5 aromatic heterocycles. The van der Waals surface area contributed by atoms with Crippen LogP contribution in [0.1, 0.15) is 121 Å². The molecule has 0 saturated carbocycles. The Morgan fingerprint density at radius 3 is 1.62 bits per heavy atom. The van der Waals surface area contributed by atoms with Crippen molar-refractivity contribution in [3.05, 3.63) is 66.6 Å². The molecule has 7 rings (SSSR count). The quantitative estimate of drug-likeness (QED) is 0.0220. The number of ether oxygens (including phenoxy) is 5. The fourth-order valence-corrected chi connectivity index (χ4v) is 10.8. The largest absolute Gasteiger partial charge is 0.497 e. The van der Waals surface area contributed by atoms with E-state index in [0.29, 0.717) is 23.4 Å². The first kappa shape index (κ1) is 58.1. The van der Waals surface area contributed by atoms with Crippen LogP contribution in [-0.4, -0.2) is 137 Å². The highest BCUT2D eigenvalue weighted by Gasteiger charge is 2.59. The normalized spacial score (nSPS) is 24.0. The van der Waals surface area contributed by atoms with Crippen LogP contribution >= 0.6 is 7.82 Å². The van der Waals surface area contributed by atoms with E-state index >= 15 is 0 Å². The van der Waals surface area contributed by atoms with Crippen molar-refractivity contribution >= 4 is 30.5 Å². The summed E-state index contributed by atoms with van der Waals surface area (Å²) in [5.41, 5.74) is 8.16. The molecule has 0 spiro atoms. The number of methoxy groups -OCH3 is 1. The van der Waals surface area contributed by atoms with Gasteiger partial charge in [-0.25, -0.2) is 28.5 Å². The maximum absolute atomic E-state index is 14.9. The van der Waals surface area contributed by atoms with Gasteiger partial charge in [-0.3, -0.25) is 13.6 Å². The van der Waals surface area contributed by atoms with Crippen molar-refractivity contribution in [2.75, 3.05) is 51.6 Å². The van der Waals surface area contributed by atoms with Crippen LogP contribution in [0.4, 0.5) is 11.6 Å². The van der Waals surface area contributed by atoms with Gasteiger partial charge in [-0.15, -0.1) is 0 Å². The molecule has 0 amide bonds. The van der Waals surface area contributed by atoms with Crippen molar-refractivity contribution in [3.8, 4) is 23.8 Å². The molecule has 0 aromatic carbocycles. The summed E-state index contributed by atoms with van der Waals surface area (Å²) in [5, 5.41) is 74.9. The molecule has 0 radical (unpaired) electrons. The second-order valence-electron chi connectivity index (χ2n) is 19.2. The van der Waals surface area contributed by atoms with Crippen molar-refractivity contribution in [1.29, 1.82) is 10.5 Å². The minimum Gasteiger partial charge on any atom is -0.497 e. The van der Waals surface area contributed by atoms with Gasteiger partial charge in [-0.05, 0) is 36.8 Å². The number of phosphoric ester groups is 1. The number of rotatable bonds is 33. The fraction of sp³-hybridized carbons (Fsp3) is 0.627. The Balaban J connectivity index is 1.01. The number of unbranched alkanes of at least 4 members (excludes halogenated alkanes) is 15. The summed E-state index contributed by atoms with van der Waals surface area (Å²) in [5.74, 6) is 0.716. The van der Waals surface area contributed by atoms with Crippen LogP contribution < -0.4 is 20.9 Å². The SMILES string of the molecule is CCCCCCCCCCCCCCCCCCOC[C@H](COP(=O)(OC[C@H]1O[C@@](C#N)(c2ccc3c(N)ncnn23)[C@H](O)[C@@H]1O)OC[C@H]1O[C@@](C#N)(c2ccc3c(N)ncnn23)[C@H](O)[C@@H]1O)Oc1cc(OC)ccn1. The molecule has 9 atom stereocenters. The Morgan fingerprint density at radius 2 is 1.16 bits per heavy atom. The molecule has 5 aromatic rings. The number of anilines is 2. The lowest BCUT2D eigenvalue weighted by atomic mass is 9.92. The van der Waals surface area contributed by atoms with Crippen molar-refractivity contribution in [3.63, 3.8) is 0 Å². The number of aliphatic hydroxyl groups is 4. The average Bonchev–Trinajstić information content (AvgIpc) is 4.20. The minimum atomic E-state index is -4.96. The number of pyridine rings is 1. The van der Waals surface area contributed by atoms with E-state index < -0.39 is 81.6 Å². The third-order valence-electron chi connectivity index (χ3n) is 13.9. The summed E-state index contributed by atoms with van der Waals surface area (Å²) in [6.45, 7) is 0.416. The van der Waals surface area contributed by atoms with Crippen LogP contribution in [0.5, 0.6) is 11.6 Å². The number of nitrogens with zero attached hydrogens (tertiary/aromatic N) is 9. The highest BCUT2D eigenvalue weighted by atomic mass is 31.2. The summed E-state index contributed by atoms with van der Waals surface area (Å²) in [4.78, 5) is 12.2. The molecule has 76 heavy (non-hydrogen) atoms. The summed E-state index contributed by atoms with van der Waals surface area (Å²) in [6.07, 6.45) is 11.9. The van der Waals surface area contributed by atoms with Gasteiger partial charge in [0.1, 0.15) is 84.3 Å². The molecule has 2 fully saturated rings. The lowest BCUT2D eigenvalue weighted by Crippen LogP contribution is -2.41. The fourth-order valence-electron chi connectivity index (χ4n) is 9.55. The molecule has 2 saturated heterocycles. The van der Waals surface area contributed by atoms with Gasteiger partial charge in [0.15, 0.2) is 11.6 Å². The van der Waals surface area contributed by atoms with Crippen molar-refractivity contribution in [2.45, 2.75) is 164 Å². The smallest absolute Gasteiger partial charge is 0.475 e. The van der Waals surface area contributed by atoms with Crippen molar-refractivity contribution in [1.82, 2.24) is 34.2 Å². The van der Waals surface area contributed by atoms with E-state index in [1.807, 2.05) is 12.1 Å². The molecule has 25 heteroatoms. The third kappa shape index (κ3) is 13.7. The van der Waals surface area contributed by atoms with Crippen LogP contribution in [0.15, 0.2) is 55.2 Å². The maximum atomic E-state index is 14.9. The predicted molar refractivity (Wildman–Crippen MR) is 274 cm³/mol.